The highest BCUT2D eigenvalue weighted by Gasteiger charge is 2.59. The number of carbonyl (C=O) groups excluding carboxylic acids is 1. The molecule has 1 aliphatic rings. The number of carboxylic acid groups (broad SMARTS) is 1. The SMILES string of the molecule is CCOC(=O)C1(F)CN(C(=O)O)[C@H](C)CS1(=O)=O. The van der Waals surface area contributed by atoms with Crippen molar-refractivity contribution in [2.75, 3.05) is 18.9 Å². The van der Waals surface area contributed by atoms with E-state index in [1.165, 1.54) is 13.8 Å². The molecule has 104 valence electrons. The van der Waals surface area contributed by atoms with Crippen molar-refractivity contribution < 1.29 is 32.2 Å². The van der Waals surface area contributed by atoms with Crippen molar-refractivity contribution in [3.63, 3.8) is 0 Å². The summed E-state index contributed by atoms with van der Waals surface area (Å²) in [6, 6.07) is -0.911. The molecular formula is C9H14FNO6S. The fourth-order valence-corrected chi connectivity index (χ4v) is 3.43. The molecule has 1 amide bonds. The van der Waals surface area contributed by atoms with E-state index in [1.807, 2.05) is 0 Å². The van der Waals surface area contributed by atoms with Gasteiger partial charge in [0, 0.05) is 6.04 Å². The number of alkyl halides is 1. The topological polar surface area (TPSA) is 101 Å². The molecule has 0 radical (unpaired) electrons. The molecule has 0 saturated carbocycles. The molecule has 1 unspecified atom stereocenters. The predicted molar refractivity (Wildman–Crippen MR) is 58.5 cm³/mol. The number of rotatable bonds is 2. The maximum absolute atomic E-state index is 14.3. The Hall–Kier alpha value is -1.38. The first kappa shape index (κ1) is 14.7. The van der Waals surface area contributed by atoms with Gasteiger partial charge in [-0.1, -0.05) is 0 Å². The summed E-state index contributed by atoms with van der Waals surface area (Å²) in [5, 5.41) is 5.51. The molecule has 0 aromatic rings. The fourth-order valence-electron chi connectivity index (χ4n) is 1.70. The van der Waals surface area contributed by atoms with Crippen LogP contribution in [0.5, 0.6) is 0 Å². The monoisotopic (exact) mass is 283 g/mol. The van der Waals surface area contributed by atoms with Gasteiger partial charge in [-0.15, -0.1) is 0 Å². The van der Waals surface area contributed by atoms with Crippen molar-refractivity contribution in [3.8, 4) is 0 Å². The minimum atomic E-state index is -4.41. The fraction of sp³-hybridized carbons (Fsp3) is 0.778. The van der Waals surface area contributed by atoms with Gasteiger partial charge in [-0.2, -0.15) is 0 Å². The second kappa shape index (κ2) is 4.71. The Kier molecular flexibility index (Phi) is 3.84. The normalized spacial score (nSPS) is 30.8. The Balaban J connectivity index is 3.15. The zero-order valence-electron chi connectivity index (χ0n) is 9.92. The summed E-state index contributed by atoms with van der Waals surface area (Å²) in [5.41, 5.74) is 0. The number of hydrogen-bond acceptors (Lipinski definition) is 5. The van der Waals surface area contributed by atoms with Crippen molar-refractivity contribution in [2.24, 2.45) is 0 Å². The third-order valence-electron chi connectivity index (χ3n) is 2.69. The lowest BCUT2D eigenvalue weighted by Gasteiger charge is -2.37. The van der Waals surface area contributed by atoms with Gasteiger partial charge in [0.15, 0.2) is 9.84 Å². The van der Waals surface area contributed by atoms with E-state index in [1.54, 1.807) is 0 Å². The maximum Gasteiger partial charge on any atom is 0.407 e. The molecule has 18 heavy (non-hydrogen) atoms. The molecule has 9 heteroatoms. The van der Waals surface area contributed by atoms with Crippen LogP contribution < -0.4 is 0 Å². The molecule has 1 N–H and O–H groups in total. The quantitative estimate of drug-likeness (QED) is 0.716. The second-order valence-electron chi connectivity index (χ2n) is 3.99. The molecule has 0 spiro atoms. The average Bonchev–Trinajstić information content (AvgIpc) is 2.22. The summed E-state index contributed by atoms with van der Waals surface area (Å²) in [6.07, 6.45) is -1.48. The van der Waals surface area contributed by atoms with Crippen LogP contribution in [0.3, 0.4) is 0 Å². The van der Waals surface area contributed by atoms with Crippen LogP contribution in [0.4, 0.5) is 9.18 Å². The number of hydrogen-bond donors (Lipinski definition) is 1. The van der Waals surface area contributed by atoms with Crippen molar-refractivity contribution in [1.82, 2.24) is 4.90 Å². The lowest BCUT2D eigenvalue weighted by atomic mass is 10.2. The van der Waals surface area contributed by atoms with Crippen molar-refractivity contribution in [1.29, 1.82) is 0 Å². The van der Waals surface area contributed by atoms with Crippen molar-refractivity contribution in [2.45, 2.75) is 24.9 Å². The van der Waals surface area contributed by atoms with Crippen LogP contribution in [-0.4, -0.2) is 60.4 Å². The van der Waals surface area contributed by atoms with Crippen molar-refractivity contribution in [3.05, 3.63) is 0 Å². The molecule has 1 rings (SSSR count). The Morgan fingerprint density at radius 1 is 1.56 bits per heavy atom. The highest BCUT2D eigenvalue weighted by atomic mass is 32.2. The molecule has 7 nitrogen and oxygen atoms in total. The first-order valence-electron chi connectivity index (χ1n) is 5.23. The van der Waals surface area contributed by atoms with Gasteiger partial charge in [-0.3, -0.25) is 4.90 Å². The molecule has 2 atom stereocenters. The first-order valence-corrected chi connectivity index (χ1v) is 6.89. The van der Waals surface area contributed by atoms with E-state index >= 15 is 0 Å². The number of ether oxygens (including phenoxy) is 1. The first-order chi connectivity index (χ1) is 8.15. The van der Waals surface area contributed by atoms with Crippen LogP contribution in [0, 0.1) is 0 Å². The molecule has 0 bridgehead atoms. The smallest absolute Gasteiger partial charge is 0.407 e. The Labute approximate surface area is 103 Å². The van der Waals surface area contributed by atoms with Gasteiger partial charge in [0.1, 0.15) is 0 Å². The van der Waals surface area contributed by atoms with Crippen LogP contribution >= 0.6 is 0 Å². The van der Waals surface area contributed by atoms with Gasteiger partial charge in [0.05, 0.1) is 18.9 Å². The third-order valence-corrected chi connectivity index (χ3v) is 4.89. The van der Waals surface area contributed by atoms with Crippen LogP contribution in [0.2, 0.25) is 0 Å². The zero-order chi connectivity index (χ0) is 14.1. The number of sulfone groups is 1. The largest absolute Gasteiger partial charge is 0.465 e. The molecule has 1 fully saturated rings. The second-order valence-corrected chi connectivity index (χ2v) is 6.20. The molecule has 1 heterocycles. The van der Waals surface area contributed by atoms with E-state index in [2.05, 4.69) is 4.74 Å². The van der Waals surface area contributed by atoms with Gasteiger partial charge in [-0.25, -0.2) is 22.4 Å². The predicted octanol–water partition coefficient (Wildman–Crippen LogP) is 0.0122. The van der Waals surface area contributed by atoms with Crippen LogP contribution in [0.1, 0.15) is 13.8 Å². The van der Waals surface area contributed by atoms with Gasteiger partial charge < -0.3 is 9.84 Å². The maximum atomic E-state index is 14.3. The number of nitrogens with zero attached hydrogens (tertiary/aromatic N) is 1. The highest BCUT2D eigenvalue weighted by Crippen LogP contribution is 2.30. The minimum Gasteiger partial charge on any atom is -0.465 e. The molecule has 0 aromatic carbocycles. The molecule has 1 saturated heterocycles. The van der Waals surface area contributed by atoms with Crippen molar-refractivity contribution >= 4 is 21.9 Å². The summed E-state index contributed by atoms with van der Waals surface area (Å²) < 4.78 is 42.1. The van der Waals surface area contributed by atoms with E-state index < -0.39 is 45.2 Å². The van der Waals surface area contributed by atoms with Gasteiger partial charge in [0.25, 0.3) is 0 Å². The lowest BCUT2D eigenvalue weighted by Crippen LogP contribution is -2.62. The number of carbonyl (C=O) groups is 2. The molecule has 0 aliphatic carbocycles. The molecule has 0 aromatic heterocycles. The third kappa shape index (κ3) is 2.26. The van der Waals surface area contributed by atoms with Gasteiger partial charge in [-0.05, 0) is 13.8 Å². The van der Waals surface area contributed by atoms with Gasteiger partial charge in [0.2, 0.25) is 0 Å². The lowest BCUT2D eigenvalue weighted by molar-refractivity contribution is -0.152. The van der Waals surface area contributed by atoms with Crippen LogP contribution in [0.25, 0.3) is 0 Å². The Morgan fingerprint density at radius 2 is 2.11 bits per heavy atom. The highest BCUT2D eigenvalue weighted by molar-refractivity contribution is 7.93. The van der Waals surface area contributed by atoms with E-state index in [4.69, 9.17) is 5.11 Å². The number of halogens is 1. The minimum absolute atomic E-state index is 0.192. The van der Waals surface area contributed by atoms with E-state index in [0.717, 1.165) is 0 Å². The summed E-state index contributed by atoms with van der Waals surface area (Å²) in [5.74, 6) is -2.32. The Bertz CT molecular complexity index is 464. The van der Waals surface area contributed by atoms with E-state index in [9.17, 15) is 22.4 Å². The van der Waals surface area contributed by atoms with Crippen LogP contribution in [0.15, 0.2) is 0 Å². The van der Waals surface area contributed by atoms with E-state index in [-0.39, 0.29) is 6.61 Å². The summed E-state index contributed by atoms with van der Waals surface area (Å²) in [6.45, 7) is 1.47. The van der Waals surface area contributed by atoms with E-state index in [0.29, 0.717) is 4.90 Å². The Morgan fingerprint density at radius 3 is 2.56 bits per heavy atom. The number of esters is 1. The molecular weight excluding hydrogens is 269 g/mol. The summed E-state index contributed by atoms with van der Waals surface area (Å²) in [7, 11) is -4.41. The number of amides is 1. The summed E-state index contributed by atoms with van der Waals surface area (Å²) in [4.78, 5) is 22.9. The summed E-state index contributed by atoms with van der Waals surface area (Å²) >= 11 is 0. The standard InChI is InChI=1S/C9H14FNO6S/c1-3-17-7(12)9(10)5-11(8(13)14)6(2)4-18(9,15)16/h6H,3-5H2,1-2H3,(H,13,14)/t6-,9?/m1/s1. The van der Waals surface area contributed by atoms with Gasteiger partial charge >= 0.3 is 17.1 Å². The van der Waals surface area contributed by atoms with Crippen LogP contribution in [-0.2, 0) is 19.4 Å². The molecule has 1 aliphatic heterocycles. The zero-order valence-corrected chi connectivity index (χ0v) is 10.7. The average molecular weight is 283 g/mol.